The number of hydrogen-bond acceptors (Lipinski definition) is 3. The Labute approximate surface area is 143 Å². The summed E-state index contributed by atoms with van der Waals surface area (Å²) in [5, 5.41) is 7.29. The highest BCUT2D eigenvalue weighted by Crippen LogP contribution is 2.28. The lowest BCUT2D eigenvalue weighted by atomic mass is 9.99. The molecule has 0 aliphatic carbocycles. The number of carbonyl (C=O) groups is 1. The standard InChI is InChI=1S/C19H26N4O/c1-14(2)23-18(9-11-20-23)21-19(24)15(3)22-12-10-17(13-22)16-7-5-4-6-8-16/h4-9,11,14-15,17H,10,12-13H2,1-3H3,(H,21,24)/t15-,17+/m0/s1. The van der Waals surface area contributed by atoms with Gasteiger partial charge in [0.1, 0.15) is 5.82 Å². The lowest BCUT2D eigenvalue weighted by Crippen LogP contribution is -2.41. The number of benzene rings is 1. The van der Waals surface area contributed by atoms with Crippen LogP contribution in [0.3, 0.4) is 0 Å². The molecule has 2 heterocycles. The van der Waals surface area contributed by atoms with E-state index in [2.05, 4.69) is 53.4 Å². The van der Waals surface area contributed by atoms with Gasteiger partial charge in [-0.1, -0.05) is 30.3 Å². The zero-order valence-corrected chi connectivity index (χ0v) is 14.6. The molecule has 0 saturated carbocycles. The van der Waals surface area contributed by atoms with Crippen LogP contribution >= 0.6 is 0 Å². The Morgan fingerprint density at radius 1 is 1.21 bits per heavy atom. The van der Waals surface area contributed by atoms with Gasteiger partial charge in [0.15, 0.2) is 0 Å². The molecule has 24 heavy (non-hydrogen) atoms. The van der Waals surface area contributed by atoms with Gasteiger partial charge in [-0.25, -0.2) is 4.68 Å². The second-order valence-corrected chi connectivity index (χ2v) is 6.81. The van der Waals surface area contributed by atoms with Gasteiger partial charge in [0.05, 0.1) is 12.2 Å². The maximum absolute atomic E-state index is 12.6. The molecular formula is C19H26N4O. The average molecular weight is 326 g/mol. The zero-order valence-electron chi connectivity index (χ0n) is 14.6. The monoisotopic (exact) mass is 326 g/mol. The maximum Gasteiger partial charge on any atom is 0.242 e. The quantitative estimate of drug-likeness (QED) is 0.917. The molecule has 2 aromatic rings. The second kappa shape index (κ2) is 7.18. The largest absolute Gasteiger partial charge is 0.310 e. The van der Waals surface area contributed by atoms with E-state index < -0.39 is 0 Å². The third-order valence-corrected chi connectivity index (χ3v) is 4.83. The van der Waals surface area contributed by atoms with E-state index in [0.29, 0.717) is 5.92 Å². The van der Waals surface area contributed by atoms with Crippen molar-refractivity contribution in [1.29, 1.82) is 0 Å². The molecule has 0 bridgehead atoms. The summed E-state index contributed by atoms with van der Waals surface area (Å²) in [6.07, 6.45) is 2.83. The number of amides is 1. The summed E-state index contributed by atoms with van der Waals surface area (Å²) in [7, 11) is 0. The van der Waals surface area contributed by atoms with Gasteiger partial charge in [-0.05, 0) is 45.2 Å². The lowest BCUT2D eigenvalue weighted by Gasteiger charge is -2.24. The fourth-order valence-corrected chi connectivity index (χ4v) is 3.36. The van der Waals surface area contributed by atoms with Crippen LogP contribution in [0.25, 0.3) is 0 Å². The normalized spacial score (nSPS) is 19.6. The molecule has 1 amide bonds. The molecule has 1 N–H and O–H groups in total. The minimum Gasteiger partial charge on any atom is -0.310 e. The fraction of sp³-hybridized carbons (Fsp3) is 0.474. The number of hydrogen-bond donors (Lipinski definition) is 1. The molecule has 1 aromatic heterocycles. The van der Waals surface area contributed by atoms with Gasteiger partial charge >= 0.3 is 0 Å². The zero-order chi connectivity index (χ0) is 17.1. The molecule has 1 saturated heterocycles. The first-order valence-electron chi connectivity index (χ1n) is 8.69. The van der Waals surface area contributed by atoms with E-state index in [-0.39, 0.29) is 18.0 Å². The first-order chi connectivity index (χ1) is 11.6. The minimum absolute atomic E-state index is 0.0334. The van der Waals surface area contributed by atoms with Crippen LogP contribution in [0.1, 0.15) is 44.7 Å². The highest BCUT2D eigenvalue weighted by Gasteiger charge is 2.30. The summed E-state index contributed by atoms with van der Waals surface area (Å²) in [4.78, 5) is 14.9. The van der Waals surface area contributed by atoms with Crippen LogP contribution in [0, 0.1) is 0 Å². The van der Waals surface area contributed by atoms with E-state index in [4.69, 9.17) is 0 Å². The maximum atomic E-state index is 12.6. The molecule has 2 atom stereocenters. The van der Waals surface area contributed by atoms with E-state index in [0.717, 1.165) is 25.3 Å². The summed E-state index contributed by atoms with van der Waals surface area (Å²) in [5.74, 6) is 1.31. The van der Waals surface area contributed by atoms with Gasteiger partial charge in [0.25, 0.3) is 0 Å². The van der Waals surface area contributed by atoms with Gasteiger partial charge in [-0.15, -0.1) is 0 Å². The molecule has 0 spiro atoms. The van der Waals surface area contributed by atoms with Crippen molar-refractivity contribution in [2.75, 3.05) is 18.4 Å². The summed E-state index contributed by atoms with van der Waals surface area (Å²) < 4.78 is 1.83. The number of nitrogens with zero attached hydrogens (tertiary/aromatic N) is 3. The highest BCUT2D eigenvalue weighted by molar-refractivity contribution is 5.93. The summed E-state index contributed by atoms with van der Waals surface area (Å²) in [5.41, 5.74) is 1.37. The van der Waals surface area contributed by atoms with Gasteiger partial charge in [0, 0.05) is 18.7 Å². The van der Waals surface area contributed by atoms with Crippen LogP contribution in [0.4, 0.5) is 5.82 Å². The Kier molecular flexibility index (Phi) is 5.00. The molecule has 128 valence electrons. The Hall–Kier alpha value is -2.14. The fourth-order valence-electron chi connectivity index (χ4n) is 3.36. The Morgan fingerprint density at radius 3 is 2.67 bits per heavy atom. The van der Waals surface area contributed by atoms with Crippen LogP contribution in [0.15, 0.2) is 42.6 Å². The topological polar surface area (TPSA) is 50.2 Å². The van der Waals surface area contributed by atoms with E-state index in [9.17, 15) is 4.79 Å². The summed E-state index contributed by atoms with van der Waals surface area (Å²) in [6, 6.07) is 12.5. The second-order valence-electron chi connectivity index (χ2n) is 6.81. The van der Waals surface area contributed by atoms with Gasteiger partial charge in [-0.2, -0.15) is 5.10 Å². The van der Waals surface area contributed by atoms with Crippen molar-refractivity contribution in [2.45, 2.75) is 45.2 Å². The van der Waals surface area contributed by atoms with Gasteiger partial charge in [-0.3, -0.25) is 9.69 Å². The number of carbonyl (C=O) groups excluding carboxylic acids is 1. The molecule has 5 nitrogen and oxygen atoms in total. The van der Waals surface area contributed by atoms with Crippen molar-refractivity contribution in [2.24, 2.45) is 0 Å². The van der Waals surface area contributed by atoms with Crippen molar-refractivity contribution in [3.8, 4) is 0 Å². The lowest BCUT2D eigenvalue weighted by molar-refractivity contribution is -0.120. The molecule has 1 fully saturated rings. The third kappa shape index (κ3) is 3.51. The predicted octanol–water partition coefficient (Wildman–Crippen LogP) is 3.28. The van der Waals surface area contributed by atoms with Gasteiger partial charge in [0.2, 0.25) is 5.91 Å². The molecular weight excluding hydrogens is 300 g/mol. The van der Waals surface area contributed by atoms with Crippen molar-refractivity contribution in [1.82, 2.24) is 14.7 Å². The van der Waals surface area contributed by atoms with E-state index in [1.165, 1.54) is 5.56 Å². The SMILES string of the molecule is CC(C)n1nccc1NC(=O)[C@H](C)N1CC[C@@H](c2ccccc2)C1. The molecule has 0 unspecified atom stereocenters. The first-order valence-corrected chi connectivity index (χ1v) is 8.69. The Bertz CT molecular complexity index is 680. The van der Waals surface area contributed by atoms with Crippen LogP contribution in [0.5, 0.6) is 0 Å². The van der Waals surface area contributed by atoms with E-state index in [1.54, 1.807) is 6.20 Å². The molecule has 1 aliphatic heterocycles. The van der Waals surface area contributed by atoms with Crippen molar-refractivity contribution < 1.29 is 4.79 Å². The first kappa shape index (κ1) is 16.7. The number of nitrogens with one attached hydrogen (secondary N) is 1. The molecule has 3 rings (SSSR count). The number of likely N-dealkylation sites (tertiary alicyclic amines) is 1. The number of rotatable bonds is 5. The average Bonchev–Trinajstić information content (AvgIpc) is 3.24. The predicted molar refractivity (Wildman–Crippen MR) is 96.1 cm³/mol. The van der Waals surface area contributed by atoms with Crippen LogP contribution in [-0.4, -0.2) is 39.7 Å². The van der Waals surface area contributed by atoms with Crippen LogP contribution < -0.4 is 5.32 Å². The van der Waals surface area contributed by atoms with Gasteiger partial charge < -0.3 is 5.32 Å². The molecule has 5 heteroatoms. The number of aromatic nitrogens is 2. The Balaban J connectivity index is 1.61. The third-order valence-electron chi connectivity index (χ3n) is 4.83. The van der Waals surface area contributed by atoms with Crippen molar-refractivity contribution in [3.63, 3.8) is 0 Å². The van der Waals surface area contributed by atoms with Crippen molar-refractivity contribution >= 4 is 11.7 Å². The highest BCUT2D eigenvalue weighted by atomic mass is 16.2. The van der Waals surface area contributed by atoms with Crippen LogP contribution in [-0.2, 0) is 4.79 Å². The molecule has 1 aliphatic rings. The van der Waals surface area contributed by atoms with E-state index in [1.807, 2.05) is 23.7 Å². The summed E-state index contributed by atoms with van der Waals surface area (Å²) >= 11 is 0. The Morgan fingerprint density at radius 2 is 1.96 bits per heavy atom. The van der Waals surface area contributed by atoms with Crippen molar-refractivity contribution in [3.05, 3.63) is 48.2 Å². The molecule has 1 aromatic carbocycles. The van der Waals surface area contributed by atoms with Crippen LogP contribution in [0.2, 0.25) is 0 Å². The number of anilines is 1. The molecule has 0 radical (unpaired) electrons. The van der Waals surface area contributed by atoms with E-state index >= 15 is 0 Å². The summed E-state index contributed by atoms with van der Waals surface area (Å²) in [6.45, 7) is 7.98. The smallest absolute Gasteiger partial charge is 0.242 e. The minimum atomic E-state index is -0.144.